The topological polar surface area (TPSA) is 93.3 Å². The van der Waals surface area contributed by atoms with Gasteiger partial charge in [-0.2, -0.15) is 4.98 Å². The summed E-state index contributed by atoms with van der Waals surface area (Å²) in [5.74, 6) is 0.0945. The maximum atomic E-state index is 11.0. The van der Waals surface area contributed by atoms with E-state index in [9.17, 15) is 8.42 Å². The third kappa shape index (κ3) is 2.25. The predicted octanol–water partition coefficient (Wildman–Crippen LogP) is -0.333. The van der Waals surface area contributed by atoms with E-state index in [1.54, 1.807) is 0 Å². The molecule has 0 saturated heterocycles. The molecule has 1 unspecified atom stereocenters. The Hall–Kier alpha value is -0.950. The summed E-state index contributed by atoms with van der Waals surface area (Å²) in [4.78, 5) is 3.69. The highest BCUT2D eigenvalue weighted by Crippen LogP contribution is 2.17. The number of nitrogens with zero attached hydrogens (tertiary/aromatic N) is 2. The van der Waals surface area contributed by atoms with Crippen molar-refractivity contribution < 1.29 is 18.0 Å². The molecule has 1 aromatic rings. The lowest BCUT2D eigenvalue weighted by atomic mass is 10.4. The average Bonchev–Trinajstić information content (AvgIpc) is 2.48. The van der Waals surface area contributed by atoms with Gasteiger partial charge < -0.3 is 9.63 Å². The highest BCUT2D eigenvalue weighted by atomic mass is 32.2. The zero-order valence-electron chi connectivity index (χ0n) is 7.26. The fraction of sp³-hybridized carbons (Fsp3) is 0.667. The largest absolute Gasteiger partial charge is 0.387 e. The Kier molecular flexibility index (Phi) is 2.67. The summed E-state index contributed by atoms with van der Waals surface area (Å²) in [6.07, 6.45) is 1.09. The molecule has 6 nitrogen and oxygen atoms in total. The van der Waals surface area contributed by atoms with Crippen molar-refractivity contribution in [1.29, 1.82) is 0 Å². The third-order valence-corrected chi connectivity index (χ3v) is 3.12. The van der Waals surface area contributed by atoms with Crippen molar-refractivity contribution in [3.8, 4) is 0 Å². The summed E-state index contributed by atoms with van der Waals surface area (Å²) in [7, 11) is -3.22. The van der Waals surface area contributed by atoms with Crippen LogP contribution in [0.15, 0.2) is 4.52 Å². The molecule has 0 amide bonds. The molecule has 0 spiro atoms. The van der Waals surface area contributed by atoms with Crippen LogP contribution >= 0.6 is 0 Å². The number of sulfone groups is 1. The molecular formula is C6H10N2O4S. The van der Waals surface area contributed by atoms with E-state index < -0.39 is 15.1 Å². The van der Waals surface area contributed by atoms with Crippen molar-refractivity contribution in [2.45, 2.75) is 18.8 Å². The van der Waals surface area contributed by atoms with E-state index in [0.29, 0.717) is 0 Å². The molecule has 74 valence electrons. The zero-order valence-corrected chi connectivity index (χ0v) is 8.08. The van der Waals surface area contributed by atoms with Crippen molar-refractivity contribution >= 4 is 9.84 Å². The molecule has 1 heterocycles. The first-order valence-corrected chi connectivity index (χ1v) is 5.53. The molecule has 0 radical (unpaired) electrons. The molecule has 1 rings (SSSR count). The van der Waals surface area contributed by atoms with Gasteiger partial charge in [0.05, 0.1) is 0 Å². The number of hydrogen-bond donors (Lipinski definition) is 1. The average molecular weight is 206 g/mol. The number of hydrogen-bond acceptors (Lipinski definition) is 6. The Morgan fingerprint density at radius 3 is 2.62 bits per heavy atom. The number of aromatic nitrogens is 2. The predicted molar refractivity (Wildman–Crippen MR) is 43.5 cm³/mol. The Balaban J connectivity index is 2.96. The summed E-state index contributed by atoms with van der Waals surface area (Å²) in [5.41, 5.74) is 0. The second kappa shape index (κ2) is 3.43. The first-order valence-electron chi connectivity index (χ1n) is 3.57. The molecule has 0 aliphatic heterocycles. The van der Waals surface area contributed by atoms with Crippen LogP contribution in [0.1, 0.15) is 23.9 Å². The molecule has 1 atom stereocenters. The minimum atomic E-state index is -3.22. The van der Waals surface area contributed by atoms with Gasteiger partial charge in [-0.05, 0) is 6.92 Å². The van der Waals surface area contributed by atoms with Crippen molar-refractivity contribution in [2.24, 2.45) is 0 Å². The van der Waals surface area contributed by atoms with E-state index in [-0.39, 0.29) is 18.3 Å². The summed E-state index contributed by atoms with van der Waals surface area (Å²) in [6.45, 7) is 1.07. The summed E-state index contributed by atoms with van der Waals surface area (Å²) >= 11 is 0. The van der Waals surface area contributed by atoms with Crippen LogP contribution in [0.2, 0.25) is 0 Å². The molecule has 0 saturated carbocycles. The van der Waals surface area contributed by atoms with Crippen LogP contribution < -0.4 is 0 Å². The third-order valence-electron chi connectivity index (χ3n) is 1.62. The summed E-state index contributed by atoms with van der Waals surface area (Å²) in [5, 5.41) is 11.2. The van der Waals surface area contributed by atoms with Crippen LogP contribution in [0, 0.1) is 0 Å². The molecule has 0 aliphatic rings. The van der Waals surface area contributed by atoms with E-state index in [1.165, 1.54) is 6.92 Å². The van der Waals surface area contributed by atoms with Crippen molar-refractivity contribution in [3.05, 3.63) is 11.7 Å². The SMILES string of the molecule is CC(c1noc(CO)n1)S(C)(=O)=O. The van der Waals surface area contributed by atoms with E-state index in [1.807, 2.05) is 0 Å². The monoisotopic (exact) mass is 206 g/mol. The van der Waals surface area contributed by atoms with E-state index in [2.05, 4.69) is 14.7 Å². The second-order valence-corrected chi connectivity index (χ2v) is 5.04. The van der Waals surface area contributed by atoms with Gasteiger partial charge >= 0.3 is 0 Å². The van der Waals surface area contributed by atoms with Crippen LogP contribution in [0.25, 0.3) is 0 Å². The summed E-state index contributed by atoms with van der Waals surface area (Å²) < 4.78 is 26.6. The molecular weight excluding hydrogens is 196 g/mol. The second-order valence-electron chi connectivity index (χ2n) is 2.68. The maximum Gasteiger partial charge on any atom is 0.252 e. The molecule has 0 fully saturated rings. The molecule has 0 aliphatic carbocycles. The van der Waals surface area contributed by atoms with Crippen molar-refractivity contribution in [1.82, 2.24) is 10.1 Å². The lowest BCUT2D eigenvalue weighted by Gasteiger charge is -2.01. The van der Waals surface area contributed by atoms with Gasteiger partial charge in [0.1, 0.15) is 11.9 Å². The molecule has 0 aromatic carbocycles. The number of rotatable bonds is 3. The standard InChI is InChI=1S/C6H10N2O4S/c1-4(13(2,10)11)6-7-5(3-9)12-8-6/h4,9H,3H2,1-2H3. The highest BCUT2D eigenvalue weighted by molar-refractivity contribution is 7.90. The van der Waals surface area contributed by atoms with E-state index in [0.717, 1.165) is 6.26 Å². The Morgan fingerprint density at radius 2 is 2.23 bits per heavy atom. The summed E-state index contributed by atoms with van der Waals surface area (Å²) in [6, 6.07) is 0. The smallest absolute Gasteiger partial charge is 0.252 e. The van der Waals surface area contributed by atoms with Gasteiger partial charge in [-0.1, -0.05) is 5.16 Å². The highest BCUT2D eigenvalue weighted by Gasteiger charge is 2.22. The van der Waals surface area contributed by atoms with Crippen LogP contribution in [0.4, 0.5) is 0 Å². The van der Waals surface area contributed by atoms with Gasteiger partial charge in [-0.3, -0.25) is 0 Å². The molecule has 1 N–H and O–H groups in total. The molecule has 1 aromatic heterocycles. The Labute approximate surface area is 75.5 Å². The van der Waals surface area contributed by atoms with Crippen LogP contribution in [0.5, 0.6) is 0 Å². The fourth-order valence-electron chi connectivity index (χ4n) is 0.689. The van der Waals surface area contributed by atoms with Gasteiger partial charge in [0.2, 0.25) is 0 Å². The Bertz CT molecular complexity index is 383. The van der Waals surface area contributed by atoms with Gasteiger partial charge in [-0.25, -0.2) is 8.42 Å². The van der Waals surface area contributed by atoms with Crippen LogP contribution in [0.3, 0.4) is 0 Å². The minimum Gasteiger partial charge on any atom is -0.387 e. The van der Waals surface area contributed by atoms with Crippen LogP contribution in [-0.2, 0) is 16.4 Å². The van der Waals surface area contributed by atoms with Gasteiger partial charge in [-0.15, -0.1) is 0 Å². The first-order chi connectivity index (χ1) is 5.95. The van der Waals surface area contributed by atoms with Gasteiger partial charge in [0.25, 0.3) is 5.89 Å². The van der Waals surface area contributed by atoms with E-state index >= 15 is 0 Å². The lowest BCUT2D eigenvalue weighted by molar-refractivity contribution is 0.222. The van der Waals surface area contributed by atoms with Crippen molar-refractivity contribution in [3.63, 3.8) is 0 Å². The molecule has 7 heteroatoms. The minimum absolute atomic E-state index is 0.0190. The van der Waals surface area contributed by atoms with Crippen molar-refractivity contribution in [2.75, 3.05) is 6.26 Å². The van der Waals surface area contributed by atoms with E-state index in [4.69, 9.17) is 5.11 Å². The fourth-order valence-corrected chi connectivity index (χ4v) is 1.17. The molecule has 0 bridgehead atoms. The number of aliphatic hydroxyl groups is 1. The first kappa shape index (κ1) is 10.1. The zero-order chi connectivity index (χ0) is 10.1. The Morgan fingerprint density at radius 1 is 1.62 bits per heavy atom. The van der Waals surface area contributed by atoms with Gasteiger partial charge in [0, 0.05) is 6.26 Å². The normalized spacial score (nSPS) is 14.4. The quantitative estimate of drug-likeness (QED) is 0.727. The maximum absolute atomic E-state index is 11.0. The van der Waals surface area contributed by atoms with Crippen LogP contribution in [-0.4, -0.2) is 29.9 Å². The lowest BCUT2D eigenvalue weighted by Crippen LogP contribution is -2.09. The number of aliphatic hydroxyl groups excluding tert-OH is 1. The molecule has 13 heavy (non-hydrogen) atoms. The van der Waals surface area contributed by atoms with Gasteiger partial charge in [0.15, 0.2) is 15.7 Å².